The lowest BCUT2D eigenvalue weighted by Gasteiger charge is -2.15. The molecule has 5 nitrogen and oxygen atoms in total. The summed E-state index contributed by atoms with van der Waals surface area (Å²) in [7, 11) is 3.26. The van der Waals surface area contributed by atoms with Gasteiger partial charge in [-0.2, -0.15) is 0 Å². The van der Waals surface area contributed by atoms with Crippen LogP contribution in [-0.4, -0.2) is 38.1 Å². The average Bonchev–Trinajstić information content (AvgIpc) is 3.34. The van der Waals surface area contributed by atoms with Crippen LogP contribution in [0.4, 0.5) is 0 Å². The molecule has 0 N–H and O–H groups in total. The largest absolute Gasteiger partial charge is 0.497 e. The minimum atomic E-state index is -0.0701. The lowest BCUT2D eigenvalue weighted by molar-refractivity contribution is 0.0761. The van der Waals surface area contributed by atoms with Gasteiger partial charge in [0.2, 0.25) is 0 Å². The highest BCUT2D eigenvalue weighted by atomic mass is 16.5. The summed E-state index contributed by atoms with van der Waals surface area (Å²) in [6, 6.07) is 15.5. The average molecular weight is 351 g/mol. The fourth-order valence-corrected chi connectivity index (χ4v) is 3.55. The quantitative estimate of drug-likeness (QED) is 0.711. The maximum atomic E-state index is 12.9. The lowest BCUT2D eigenvalue weighted by atomic mass is 9.98. The van der Waals surface area contributed by atoms with Gasteiger partial charge in [0.05, 0.1) is 14.2 Å². The maximum Gasteiger partial charge on any atom is 0.289 e. The predicted molar refractivity (Wildman–Crippen MR) is 99.0 cm³/mol. The molecule has 1 saturated heterocycles. The van der Waals surface area contributed by atoms with E-state index in [0.717, 1.165) is 24.1 Å². The van der Waals surface area contributed by atoms with E-state index in [1.54, 1.807) is 20.3 Å². The number of furan rings is 1. The van der Waals surface area contributed by atoms with Crippen LogP contribution in [0.1, 0.15) is 28.5 Å². The molecule has 1 atom stereocenters. The highest BCUT2D eigenvalue weighted by Gasteiger charge is 2.29. The third kappa shape index (κ3) is 2.90. The number of hydrogen-bond acceptors (Lipinski definition) is 4. The van der Waals surface area contributed by atoms with Crippen molar-refractivity contribution in [1.29, 1.82) is 0 Å². The van der Waals surface area contributed by atoms with Crippen molar-refractivity contribution in [2.75, 3.05) is 27.3 Å². The summed E-state index contributed by atoms with van der Waals surface area (Å²) in [5.74, 6) is 2.11. The summed E-state index contributed by atoms with van der Waals surface area (Å²) in [5.41, 5.74) is 1.84. The van der Waals surface area contributed by atoms with Crippen molar-refractivity contribution in [3.8, 4) is 11.5 Å². The molecule has 134 valence electrons. The zero-order valence-electron chi connectivity index (χ0n) is 14.9. The van der Waals surface area contributed by atoms with Crippen LogP contribution < -0.4 is 9.47 Å². The summed E-state index contributed by atoms with van der Waals surface area (Å²) < 4.78 is 16.3. The van der Waals surface area contributed by atoms with Gasteiger partial charge in [0, 0.05) is 24.4 Å². The van der Waals surface area contributed by atoms with Crippen LogP contribution in [-0.2, 0) is 0 Å². The van der Waals surface area contributed by atoms with Gasteiger partial charge < -0.3 is 18.8 Å². The molecule has 0 aliphatic carbocycles. The Balaban J connectivity index is 1.52. The Kier molecular flexibility index (Phi) is 4.29. The minimum absolute atomic E-state index is 0.0701. The number of amides is 1. The van der Waals surface area contributed by atoms with Crippen LogP contribution in [0.15, 0.2) is 52.9 Å². The number of carbonyl (C=O) groups is 1. The molecule has 4 rings (SSSR count). The van der Waals surface area contributed by atoms with Gasteiger partial charge in [0.15, 0.2) is 17.1 Å². The smallest absolute Gasteiger partial charge is 0.289 e. The summed E-state index contributed by atoms with van der Waals surface area (Å²) in [6.07, 6.45) is 0.946. The van der Waals surface area contributed by atoms with Gasteiger partial charge in [-0.05, 0) is 36.2 Å². The highest BCUT2D eigenvalue weighted by molar-refractivity contribution is 5.97. The van der Waals surface area contributed by atoms with Crippen molar-refractivity contribution < 1.29 is 18.7 Å². The summed E-state index contributed by atoms with van der Waals surface area (Å²) >= 11 is 0. The SMILES string of the molecule is COc1ccc(C2CCN(C(=O)c3cc4cccc(OC)c4o3)C2)cc1. The van der Waals surface area contributed by atoms with Gasteiger partial charge >= 0.3 is 0 Å². The van der Waals surface area contributed by atoms with Gasteiger partial charge in [0.25, 0.3) is 5.91 Å². The number of para-hydroxylation sites is 1. The number of methoxy groups -OCH3 is 2. The van der Waals surface area contributed by atoms with E-state index in [0.29, 0.717) is 29.6 Å². The van der Waals surface area contributed by atoms with Crippen LogP contribution in [0.25, 0.3) is 11.0 Å². The normalized spacial score (nSPS) is 16.8. The van der Waals surface area contributed by atoms with E-state index < -0.39 is 0 Å². The molecule has 2 heterocycles. The van der Waals surface area contributed by atoms with E-state index in [1.807, 2.05) is 35.2 Å². The molecule has 1 aromatic heterocycles. The summed E-state index contributed by atoms with van der Waals surface area (Å²) in [5, 5.41) is 0.874. The number of nitrogens with zero attached hydrogens (tertiary/aromatic N) is 1. The Morgan fingerprint density at radius 2 is 1.92 bits per heavy atom. The number of likely N-dealkylation sites (tertiary alicyclic amines) is 1. The number of hydrogen-bond donors (Lipinski definition) is 0. The first-order chi connectivity index (χ1) is 12.7. The Bertz CT molecular complexity index is 929. The molecule has 1 aliphatic heterocycles. The zero-order valence-corrected chi connectivity index (χ0v) is 14.9. The molecule has 26 heavy (non-hydrogen) atoms. The fourth-order valence-electron chi connectivity index (χ4n) is 3.55. The predicted octanol–water partition coefficient (Wildman–Crippen LogP) is 4.08. The van der Waals surface area contributed by atoms with E-state index in [9.17, 15) is 4.79 Å². The van der Waals surface area contributed by atoms with Gasteiger partial charge in [0.1, 0.15) is 5.75 Å². The highest BCUT2D eigenvalue weighted by Crippen LogP contribution is 2.32. The first-order valence-electron chi connectivity index (χ1n) is 8.69. The van der Waals surface area contributed by atoms with Crippen molar-refractivity contribution in [3.63, 3.8) is 0 Å². The molecule has 0 radical (unpaired) electrons. The van der Waals surface area contributed by atoms with Crippen molar-refractivity contribution >= 4 is 16.9 Å². The Hall–Kier alpha value is -2.95. The number of fused-ring (bicyclic) bond motifs is 1. The topological polar surface area (TPSA) is 51.9 Å². The van der Waals surface area contributed by atoms with Crippen LogP contribution in [0.3, 0.4) is 0 Å². The van der Waals surface area contributed by atoms with E-state index in [-0.39, 0.29) is 5.91 Å². The monoisotopic (exact) mass is 351 g/mol. The molecule has 1 fully saturated rings. The van der Waals surface area contributed by atoms with Gasteiger partial charge in [-0.15, -0.1) is 0 Å². The third-order valence-corrected chi connectivity index (χ3v) is 5.00. The lowest BCUT2D eigenvalue weighted by Crippen LogP contribution is -2.28. The van der Waals surface area contributed by atoms with Crippen molar-refractivity contribution in [3.05, 3.63) is 59.9 Å². The van der Waals surface area contributed by atoms with Gasteiger partial charge in [-0.3, -0.25) is 4.79 Å². The van der Waals surface area contributed by atoms with Crippen molar-refractivity contribution in [2.45, 2.75) is 12.3 Å². The van der Waals surface area contributed by atoms with Crippen LogP contribution in [0.5, 0.6) is 11.5 Å². The summed E-state index contributed by atoms with van der Waals surface area (Å²) in [6.45, 7) is 1.42. The van der Waals surface area contributed by atoms with Gasteiger partial charge in [-0.25, -0.2) is 0 Å². The molecule has 2 aromatic carbocycles. The van der Waals surface area contributed by atoms with E-state index in [1.165, 1.54) is 5.56 Å². The summed E-state index contributed by atoms with van der Waals surface area (Å²) in [4.78, 5) is 14.7. The molecule has 1 aliphatic rings. The minimum Gasteiger partial charge on any atom is -0.497 e. The molecule has 0 saturated carbocycles. The second kappa shape index (κ2) is 6.75. The molecular formula is C21H21NO4. The number of benzene rings is 2. The van der Waals surface area contributed by atoms with Gasteiger partial charge in [-0.1, -0.05) is 24.3 Å². The maximum absolute atomic E-state index is 12.9. The van der Waals surface area contributed by atoms with Crippen LogP contribution in [0.2, 0.25) is 0 Å². The molecular weight excluding hydrogens is 330 g/mol. The Morgan fingerprint density at radius 1 is 1.12 bits per heavy atom. The van der Waals surface area contributed by atoms with Crippen molar-refractivity contribution in [2.24, 2.45) is 0 Å². The second-order valence-corrected chi connectivity index (χ2v) is 6.50. The molecule has 1 unspecified atom stereocenters. The molecule has 1 amide bonds. The van der Waals surface area contributed by atoms with Crippen LogP contribution >= 0.6 is 0 Å². The standard InChI is InChI=1S/C21H21NO4/c1-24-17-8-6-14(7-9-17)16-10-11-22(13-16)21(23)19-12-15-4-3-5-18(25-2)20(15)26-19/h3-9,12,16H,10-11,13H2,1-2H3. The second-order valence-electron chi connectivity index (χ2n) is 6.50. The third-order valence-electron chi connectivity index (χ3n) is 5.00. The fraction of sp³-hybridized carbons (Fsp3) is 0.286. The number of carbonyl (C=O) groups excluding carboxylic acids is 1. The Labute approximate surface area is 152 Å². The van der Waals surface area contributed by atoms with Crippen LogP contribution in [0, 0.1) is 0 Å². The van der Waals surface area contributed by atoms with E-state index in [4.69, 9.17) is 13.9 Å². The Morgan fingerprint density at radius 3 is 2.65 bits per heavy atom. The molecule has 0 bridgehead atoms. The molecule has 3 aromatic rings. The van der Waals surface area contributed by atoms with E-state index >= 15 is 0 Å². The number of ether oxygens (including phenoxy) is 2. The first-order valence-corrected chi connectivity index (χ1v) is 8.69. The van der Waals surface area contributed by atoms with Crippen molar-refractivity contribution in [1.82, 2.24) is 4.90 Å². The first kappa shape index (κ1) is 16.5. The van der Waals surface area contributed by atoms with E-state index in [2.05, 4.69) is 12.1 Å². The number of rotatable bonds is 4. The molecule has 0 spiro atoms. The molecule has 5 heteroatoms. The zero-order chi connectivity index (χ0) is 18.1.